The first-order chi connectivity index (χ1) is 10.7. The molecule has 1 aromatic carbocycles. The fourth-order valence-corrected chi connectivity index (χ4v) is 2.61. The van der Waals surface area contributed by atoms with Gasteiger partial charge in [0.1, 0.15) is 6.04 Å². The van der Waals surface area contributed by atoms with Crippen LogP contribution in [0, 0.1) is 0 Å². The lowest BCUT2D eigenvalue weighted by Gasteiger charge is -2.20. The van der Waals surface area contributed by atoms with Crippen LogP contribution in [0.1, 0.15) is 31.7 Å². The molecule has 3 N–H and O–H groups in total. The predicted molar refractivity (Wildman–Crippen MR) is 86.4 cm³/mol. The van der Waals surface area contributed by atoms with Crippen molar-refractivity contribution in [2.45, 2.75) is 44.7 Å². The van der Waals surface area contributed by atoms with E-state index in [1.807, 2.05) is 37.3 Å². The Bertz CT molecular complexity index is 484. The fourth-order valence-electron chi connectivity index (χ4n) is 2.61. The summed E-state index contributed by atoms with van der Waals surface area (Å²) in [5, 5.41) is 8.94. The van der Waals surface area contributed by atoms with E-state index in [1.54, 1.807) is 0 Å². The normalized spacial score (nSPS) is 18.7. The SMILES string of the molecule is CCCNC(=O)[C@H](Cc1ccccc1)NC(=O)[C@@H]1CCCN1. The van der Waals surface area contributed by atoms with E-state index in [4.69, 9.17) is 0 Å². The van der Waals surface area contributed by atoms with Crippen molar-refractivity contribution < 1.29 is 9.59 Å². The van der Waals surface area contributed by atoms with Crippen LogP contribution in [0.5, 0.6) is 0 Å². The van der Waals surface area contributed by atoms with E-state index in [1.165, 1.54) is 0 Å². The van der Waals surface area contributed by atoms with E-state index < -0.39 is 6.04 Å². The highest BCUT2D eigenvalue weighted by atomic mass is 16.2. The highest BCUT2D eigenvalue weighted by molar-refractivity contribution is 5.90. The van der Waals surface area contributed by atoms with Gasteiger partial charge in [-0.25, -0.2) is 0 Å². The van der Waals surface area contributed by atoms with E-state index in [-0.39, 0.29) is 17.9 Å². The van der Waals surface area contributed by atoms with Crippen LogP contribution in [-0.2, 0) is 16.0 Å². The largest absolute Gasteiger partial charge is 0.354 e. The summed E-state index contributed by atoms with van der Waals surface area (Å²) in [7, 11) is 0. The van der Waals surface area contributed by atoms with Gasteiger partial charge in [-0.3, -0.25) is 9.59 Å². The fraction of sp³-hybridized carbons (Fsp3) is 0.529. The van der Waals surface area contributed by atoms with Gasteiger partial charge in [0.25, 0.3) is 0 Å². The van der Waals surface area contributed by atoms with Gasteiger partial charge in [0.05, 0.1) is 6.04 Å². The lowest BCUT2D eigenvalue weighted by Crippen LogP contribution is -2.52. The number of carbonyl (C=O) groups excluding carboxylic acids is 2. The molecule has 0 aromatic heterocycles. The molecule has 5 nitrogen and oxygen atoms in total. The molecule has 0 radical (unpaired) electrons. The highest BCUT2D eigenvalue weighted by Gasteiger charge is 2.27. The maximum absolute atomic E-state index is 12.3. The van der Waals surface area contributed by atoms with Gasteiger partial charge >= 0.3 is 0 Å². The molecular weight excluding hydrogens is 278 g/mol. The van der Waals surface area contributed by atoms with Crippen LogP contribution in [0.3, 0.4) is 0 Å². The van der Waals surface area contributed by atoms with Crippen molar-refractivity contribution in [1.82, 2.24) is 16.0 Å². The van der Waals surface area contributed by atoms with Gasteiger partial charge in [-0.2, -0.15) is 0 Å². The van der Waals surface area contributed by atoms with Crippen LogP contribution in [0.25, 0.3) is 0 Å². The molecule has 1 saturated heterocycles. The van der Waals surface area contributed by atoms with Crippen LogP contribution in [-0.4, -0.2) is 37.0 Å². The van der Waals surface area contributed by atoms with E-state index in [9.17, 15) is 9.59 Å². The summed E-state index contributed by atoms with van der Waals surface area (Å²) in [4.78, 5) is 24.6. The van der Waals surface area contributed by atoms with Crippen molar-refractivity contribution in [3.05, 3.63) is 35.9 Å². The maximum atomic E-state index is 12.3. The van der Waals surface area contributed by atoms with Gasteiger partial charge in [-0.1, -0.05) is 37.3 Å². The predicted octanol–water partition coefficient (Wildman–Crippen LogP) is 0.992. The van der Waals surface area contributed by atoms with Crippen molar-refractivity contribution in [2.75, 3.05) is 13.1 Å². The Morgan fingerprint density at radius 1 is 1.32 bits per heavy atom. The van der Waals surface area contributed by atoms with Gasteiger partial charge in [-0.15, -0.1) is 0 Å². The standard InChI is InChI=1S/C17H25N3O2/c1-2-10-19-16(21)15(12-13-7-4-3-5-8-13)20-17(22)14-9-6-11-18-14/h3-5,7-8,14-15,18H,2,6,9-12H2,1H3,(H,19,21)(H,20,22)/t14-,15-/m0/s1. The van der Waals surface area contributed by atoms with Gasteiger partial charge in [0, 0.05) is 13.0 Å². The molecule has 5 heteroatoms. The molecular formula is C17H25N3O2. The molecule has 0 saturated carbocycles. The zero-order valence-electron chi connectivity index (χ0n) is 13.1. The quantitative estimate of drug-likeness (QED) is 0.703. The molecule has 22 heavy (non-hydrogen) atoms. The van der Waals surface area contributed by atoms with Crippen molar-refractivity contribution in [3.8, 4) is 0 Å². The molecule has 0 bridgehead atoms. The van der Waals surface area contributed by atoms with Crippen LogP contribution < -0.4 is 16.0 Å². The summed E-state index contributed by atoms with van der Waals surface area (Å²) < 4.78 is 0. The Morgan fingerprint density at radius 2 is 2.09 bits per heavy atom. The van der Waals surface area contributed by atoms with Gasteiger partial charge in [0.15, 0.2) is 0 Å². The van der Waals surface area contributed by atoms with Crippen LogP contribution in [0.2, 0.25) is 0 Å². The Hall–Kier alpha value is -1.88. The second-order valence-electron chi connectivity index (χ2n) is 5.69. The van der Waals surface area contributed by atoms with Crippen molar-refractivity contribution >= 4 is 11.8 Å². The van der Waals surface area contributed by atoms with Crippen molar-refractivity contribution in [3.63, 3.8) is 0 Å². The summed E-state index contributed by atoms with van der Waals surface area (Å²) in [6.07, 6.45) is 3.22. The first-order valence-electron chi connectivity index (χ1n) is 8.06. The second kappa shape index (κ2) is 8.54. The van der Waals surface area contributed by atoms with Crippen LogP contribution >= 0.6 is 0 Å². The van der Waals surface area contributed by atoms with Gasteiger partial charge in [-0.05, 0) is 31.4 Å². The van der Waals surface area contributed by atoms with E-state index in [2.05, 4.69) is 16.0 Å². The average molecular weight is 303 g/mol. The molecule has 1 aliphatic rings. The van der Waals surface area contributed by atoms with Gasteiger partial charge < -0.3 is 16.0 Å². The number of amides is 2. The number of rotatable bonds is 7. The zero-order valence-corrected chi connectivity index (χ0v) is 13.1. The highest BCUT2D eigenvalue weighted by Crippen LogP contribution is 2.07. The monoisotopic (exact) mass is 303 g/mol. The summed E-state index contributed by atoms with van der Waals surface area (Å²) in [5.41, 5.74) is 1.04. The number of benzene rings is 1. The molecule has 0 spiro atoms. The molecule has 1 heterocycles. The summed E-state index contributed by atoms with van der Waals surface area (Å²) in [6.45, 7) is 3.50. The molecule has 0 aliphatic carbocycles. The minimum Gasteiger partial charge on any atom is -0.354 e. The maximum Gasteiger partial charge on any atom is 0.242 e. The Labute approximate surface area is 131 Å². The van der Waals surface area contributed by atoms with Crippen LogP contribution in [0.4, 0.5) is 0 Å². The lowest BCUT2D eigenvalue weighted by atomic mass is 10.0. The van der Waals surface area contributed by atoms with Gasteiger partial charge in [0.2, 0.25) is 11.8 Å². The van der Waals surface area contributed by atoms with E-state index in [0.29, 0.717) is 13.0 Å². The minimum atomic E-state index is -0.524. The molecule has 2 rings (SSSR count). The zero-order chi connectivity index (χ0) is 15.8. The first kappa shape index (κ1) is 16.5. The Kier molecular flexibility index (Phi) is 6.40. The third kappa shape index (κ3) is 4.84. The molecule has 1 aliphatic heterocycles. The minimum absolute atomic E-state index is 0.0786. The number of nitrogens with one attached hydrogen (secondary N) is 3. The summed E-state index contributed by atoms with van der Waals surface area (Å²) in [6, 6.07) is 9.07. The second-order valence-corrected chi connectivity index (χ2v) is 5.69. The molecule has 1 aromatic rings. The molecule has 0 unspecified atom stereocenters. The number of hydrogen-bond donors (Lipinski definition) is 3. The smallest absolute Gasteiger partial charge is 0.242 e. The van der Waals surface area contributed by atoms with E-state index >= 15 is 0 Å². The van der Waals surface area contributed by atoms with Crippen LogP contribution in [0.15, 0.2) is 30.3 Å². The topological polar surface area (TPSA) is 70.2 Å². The Morgan fingerprint density at radius 3 is 2.73 bits per heavy atom. The Balaban J connectivity index is 2.00. The number of hydrogen-bond acceptors (Lipinski definition) is 3. The third-order valence-electron chi connectivity index (χ3n) is 3.84. The summed E-state index contributed by atoms with van der Waals surface area (Å²) in [5.74, 6) is -0.192. The molecule has 120 valence electrons. The molecule has 2 amide bonds. The number of carbonyl (C=O) groups is 2. The average Bonchev–Trinajstić information content (AvgIpc) is 3.07. The van der Waals surface area contributed by atoms with Crippen molar-refractivity contribution in [1.29, 1.82) is 0 Å². The molecule has 2 atom stereocenters. The lowest BCUT2D eigenvalue weighted by molar-refractivity contribution is -0.129. The molecule has 1 fully saturated rings. The first-order valence-corrected chi connectivity index (χ1v) is 8.06. The summed E-state index contributed by atoms with van der Waals surface area (Å²) >= 11 is 0. The van der Waals surface area contributed by atoms with E-state index in [0.717, 1.165) is 31.4 Å². The van der Waals surface area contributed by atoms with Crippen molar-refractivity contribution in [2.24, 2.45) is 0 Å². The third-order valence-corrected chi connectivity index (χ3v) is 3.84.